The second kappa shape index (κ2) is 6.86. The normalized spacial score (nSPS) is 14.6. The van der Waals surface area contributed by atoms with Crippen molar-refractivity contribution in [2.24, 2.45) is 0 Å². The first-order valence-corrected chi connectivity index (χ1v) is 8.16. The van der Waals surface area contributed by atoms with Crippen molar-refractivity contribution >= 4 is 17.5 Å². The summed E-state index contributed by atoms with van der Waals surface area (Å²) in [6.07, 6.45) is 1.64. The minimum absolute atomic E-state index is 0.0190. The Hall–Kier alpha value is -2.63. The second-order valence-corrected chi connectivity index (χ2v) is 6.18. The highest BCUT2D eigenvalue weighted by molar-refractivity contribution is 5.95. The molecule has 2 aromatic rings. The molecule has 2 heterocycles. The molecule has 6 heteroatoms. The van der Waals surface area contributed by atoms with Crippen LogP contribution >= 0.6 is 0 Å². The van der Waals surface area contributed by atoms with Gasteiger partial charge in [-0.15, -0.1) is 0 Å². The van der Waals surface area contributed by atoms with Gasteiger partial charge in [0.15, 0.2) is 0 Å². The van der Waals surface area contributed by atoms with E-state index in [0.717, 1.165) is 18.8 Å². The smallest absolute Gasteiger partial charge is 0.257 e. The molecule has 0 radical (unpaired) electrons. The summed E-state index contributed by atoms with van der Waals surface area (Å²) in [6.45, 7) is 4.96. The number of piperazine rings is 1. The lowest BCUT2D eigenvalue weighted by Gasteiger charge is -2.36. The van der Waals surface area contributed by atoms with Crippen molar-refractivity contribution in [3.8, 4) is 0 Å². The first-order valence-electron chi connectivity index (χ1n) is 8.16. The van der Waals surface area contributed by atoms with Crippen LogP contribution < -0.4 is 9.80 Å². The Balaban J connectivity index is 1.67. The van der Waals surface area contributed by atoms with E-state index in [-0.39, 0.29) is 5.91 Å². The molecular formula is C18H23N5O. The van der Waals surface area contributed by atoms with Gasteiger partial charge in [0.1, 0.15) is 0 Å². The molecule has 1 amide bonds. The second-order valence-electron chi connectivity index (χ2n) is 6.18. The van der Waals surface area contributed by atoms with Crippen LogP contribution in [0.2, 0.25) is 0 Å². The van der Waals surface area contributed by atoms with Crippen LogP contribution in [0.15, 0.2) is 36.5 Å². The number of aryl methyl sites for hydroxylation is 1. The summed E-state index contributed by atoms with van der Waals surface area (Å²) in [5.74, 6) is 0.642. The monoisotopic (exact) mass is 325 g/mol. The van der Waals surface area contributed by atoms with Crippen LogP contribution in [0.4, 0.5) is 11.6 Å². The number of aromatic nitrogens is 2. The van der Waals surface area contributed by atoms with E-state index >= 15 is 0 Å². The minimum Gasteiger partial charge on any atom is -0.368 e. The predicted octanol–water partition coefficient (Wildman–Crippen LogP) is 1.81. The van der Waals surface area contributed by atoms with Crippen molar-refractivity contribution in [2.75, 3.05) is 50.1 Å². The lowest BCUT2D eigenvalue weighted by molar-refractivity contribution is 0.0745. The summed E-state index contributed by atoms with van der Waals surface area (Å²) >= 11 is 0. The van der Waals surface area contributed by atoms with Crippen LogP contribution in [0.25, 0.3) is 0 Å². The van der Waals surface area contributed by atoms with Crippen LogP contribution in [0.3, 0.4) is 0 Å². The highest BCUT2D eigenvalue weighted by Crippen LogP contribution is 2.18. The number of nitrogens with zero attached hydrogens (tertiary/aromatic N) is 5. The van der Waals surface area contributed by atoms with E-state index in [1.54, 1.807) is 6.20 Å². The molecule has 0 aliphatic carbocycles. The van der Waals surface area contributed by atoms with Crippen molar-refractivity contribution in [3.63, 3.8) is 0 Å². The number of carbonyl (C=O) groups excluding carboxylic acids is 1. The Morgan fingerprint density at radius 3 is 2.33 bits per heavy atom. The number of hydrogen-bond acceptors (Lipinski definition) is 5. The van der Waals surface area contributed by atoms with E-state index in [4.69, 9.17) is 0 Å². The van der Waals surface area contributed by atoms with Crippen LogP contribution in [0, 0.1) is 6.92 Å². The van der Waals surface area contributed by atoms with Gasteiger partial charge in [-0.05, 0) is 19.1 Å². The molecule has 1 aliphatic rings. The van der Waals surface area contributed by atoms with Crippen molar-refractivity contribution in [3.05, 3.63) is 47.8 Å². The Kier molecular flexibility index (Phi) is 4.64. The van der Waals surface area contributed by atoms with Gasteiger partial charge in [0.05, 0.1) is 11.3 Å². The molecule has 6 nitrogen and oxygen atoms in total. The maximum Gasteiger partial charge on any atom is 0.257 e. The predicted molar refractivity (Wildman–Crippen MR) is 95.7 cm³/mol. The molecule has 24 heavy (non-hydrogen) atoms. The van der Waals surface area contributed by atoms with E-state index in [0.29, 0.717) is 24.6 Å². The van der Waals surface area contributed by atoms with Crippen LogP contribution in [0.5, 0.6) is 0 Å². The van der Waals surface area contributed by atoms with Gasteiger partial charge in [0.2, 0.25) is 5.95 Å². The van der Waals surface area contributed by atoms with Crippen LogP contribution in [-0.2, 0) is 0 Å². The summed E-state index contributed by atoms with van der Waals surface area (Å²) in [6, 6.07) is 10.3. The maximum absolute atomic E-state index is 12.8. The van der Waals surface area contributed by atoms with E-state index in [1.807, 2.05) is 49.0 Å². The Labute approximate surface area is 142 Å². The number of benzene rings is 1. The minimum atomic E-state index is 0.0190. The molecule has 0 spiro atoms. The molecule has 126 valence electrons. The lowest BCUT2D eigenvalue weighted by atomic mass is 10.2. The van der Waals surface area contributed by atoms with Gasteiger partial charge in [-0.25, -0.2) is 9.97 Å². The average Bonchev–Trinajstić information content (AvgIpc) is 2.62. The molecule has 0 N–H and O–H groups in total. The highest BCUT2D eigenvalue weighted by atomic mass is 16.2. The molecule has 1 saturated heterocycles. The molecule has 1 aromatic carbocycles. The summed E-state index contributed by atoms with van der Waals surface area (Å²) in [5, 5.41) is 0. The van der Waals surface area contributed by atoms with Gasteiger partial charge in [-0.3, -0.25) is 4.79 Å². The third-order valence-corrected chi connectivity index (χ3v) is 4.29. The van der Waals surface area contributed by atoms with Crippen molar-refractivity contribution < 1.29 is 4.79 Å². The van der Waals surface area contributed by atoms with E-state index < -0.39 is 0 Å². The Morgan fingerprint density at radius 2 is 1.75 bits per heavy atom. The van der Waals surface area contributed by atoms with Gasteiger partial charge in [-0.1, -0.05) is 18.2 Å². The van der Waals surface area contributed by atoms with Crippen molar-refractivity contribution in [1.29, 1.82) is 0 Å². The summed E-state index contributed by atoms with van der Waals surface area (Å²) in [5.41, 5.74) is 2.53. The van der Waals surface area contributed by atoms with Gasteiger partial charge >= 0.3 is 0 Å². The van der Waals surface area contributed by atoms with Gasteiger partial charge in [0.25, 0.3) is 5.91 Å². The highest BCUT2D eigenvalue weighted by Gasteiger charge is 2.24. The molecule has 1 fully saturated rings. The topological polar surface area (TPSA) is 52.6 Å². The van der Waals surface area contributed by atoms with Crippen LogP contribution in [-0.4, -0.2) is 61.0 Å². The molecule has 0 bridgehead atoms. The summed E-state index contributed by atoms with van der Waals surface area (Å²) in [7, 11) is 3.78. The number of anilines is 2. The zero-order chi connectivity index (χ0) is 17.1. The van der Waals surface area contributed by atoms with E-state index in [9.17, 15) is 4.79 Å². The van der Waals surface area contributed by atoms with Crippen molar-refractivity contribution in [2.45, 2.75) is 6.92 Å². The maximum atomic E-state index is 12.8. The van der Waals surface area contributed by atoms with Gasteiger partial charge < -0.3 is 14.7 Å². The first kappa shape index (κ1) is 16.2. The van der Waals surface area contributed by atoms with Crippen LogP contribution in [0.1, 0.15) is 16.1 Å². The first-order chi connectivity index (χ1) is 11.6. The molecule has 0 unspecified atom stereocenters. The van der Waals surface area contributed by atoms with Gasteiger partial charge in [0, 0.05) is 52.2 Å². The zero-order valence-corrected chi connectivity index (χ0v) is 14.4. The number of carbonyl (C=O) groups is 1. The molecule has 1 aromatic heterocycles. The number of amides is 1. The SMILES string of the molecule is Cc1nc(N(C)C)ncc1C(=O)N1CCN(c2ccccc2)CC1. The fourth-order valence-electron chi connectivity index (χ4n) is 2.86. The molecule has 3 rings (SSSR count). The van der Waals surface area contributed by atoms with Crippen molar-refractivity contribution in [1.82, 2.24) is 14.9 Å². The summed E-state index contributed by atoms with van der Waals surface area (Å²) < 4.78 is 0. The molecule has 0 saturated carbocycles. The number of para-hydroxylation sites is 1. The zero-order valence-electron chi connectivity index (χ0n) is 14.4. The quantitative estimate of drug-likeness (QED) is 0.861. The third kappa shape index (κ3) is 3.32. The average molecular weight is 325 g/mol. The fraction of sp³-hybridized carbons (Fsp3) is 0.389. The lowest BCUT2D eigenvalue weighted by Crippen LogP contribution is -2.49. The largest absolute Gasteiger partial charge is 0.368 e. The number of rotatable bonds is 3. The van der Waals surface area contributed by atoms with E-state index in [2.05, 4.69) is 27.0 Å². The van der Waals surface area contributed by atoms with Gasteiger partial charge in [-0.2, -0.15) is 0 Å². The fourth-order valence-corrected chi connectivity index (χ4v) is 2.86. The Morgan fingerprint density at radius 1 is 1.08 bits per heavy atom. The Bertz CT molecular complexity index is 709. The molecule has 0 atom stereocenters. The molecular weight excluding hydrogens is 302 g/mol. The standard InChI is InChI=1S/C18H23N5O/c1-14-16(13-19-18(20-14)21(2)3)17(24)23-11-9-22(10-12-23)15-7-5-4-6-8-15/h4-8,13H,9-12H2,1-3H3. The summed E-state index contributed by atoms with van der Waals surface area (Å²) in [4.78, 5) is 27.5. The third-order valence-electron chi connectivity index (χ3n) is 4.29. The number of hydrogen-bond donors (Lipinski definition) is 0. The van der Waals surface area contributed by atoms with E-state index in [1.165, 1.54) is 5.69 Å². The molecule has 1 aliphatic heterocycles.